The first-order valence-corrected chi connectivity index (χ1v) is 15.1. The Morgan fingerprint density at radius 3 is 2.59 bits per heavy atom. The van der Waals surface area contributed by atoms with E-state index in [0.717, 1.165) is 29.7 Å². The lowest BCUT2D eigenvalue weighted by Gasteiger charge is -2.24. The van der Waals surface area contributed by atoms with Crippen LogP contribution >= 0.6 is 0 Å². The molecule has 1 saturated heterocycles. The standard InChI is InChI=1S/C31H34N4O5S/c1-3-39-26-12-7-11-25(19-26)35-21-29(24-9-5-4-6-10-24)32-31(35)33-30(36)22-34(20-27-13-8-18-40-27)41(37,38)28-16-14-23(2)15-17-28/h4-7,9-12,14-17,19,21,27H,3,8,13,18,20,22H2,1-2H3,(H,32,33,36). The SMILES string of the molecule is CCOc1cccc(-n2cc(-c3ccccc3)nc2NC(=O)CN(CC2CCCO2)S(=O)(=O)c2ccc(C)cc2)c1. The van der Waals surface area contributed by atoms with Crippen LogP contribution in [0.2, 0.25) is 0 Å². The van der Waals surface area contributed by atoms with E-state index in [2.05, 4.69) is 5.32 Å². The number of hydrogen-bond donors (Lipinski definition) is 1. The maximum atomic E-state index is 13.7. The van der Waals surface area contributed by atoms with Crippen molar-refractivity contribution >= 4 is 21.9 Å². The van der Waals surface area contributed by atoms with Gasteiger partial charge in [-0.05, 0) is 51.0 Å². The van der Waals surface area contributed by atoms with Crippen LogP contribution in [-0.2, 0) is 19.6 Å². The first-order valence-electron chi connectivity index (χ1n) is 13.7. The van der Waals surface area contributed by atoms with E-state index >= 15 is 0 Å². The van der Waals surface area contributed by atoms with Gasteiger partial charge in [-0.25, -0.2) is 13.4 Å². The van der Waals surface area contributed by atoms with Crippen LogP contribution in [-0.4, -0.2) is 60.6 Å². The number of carbonyl (C=O) groups is 1. The van der Waals surface area contributed by atoms with Crippen LogP contribution in [0.25, 0.3) is 16.9 Å². The van der Waals surface area contributed by atoms with Crippen LogP contribution < -0.4 is 10.1 Å². The predicted octanol–water partition coefficient (Wildman–Crippen LogP) is 5.05. The van der Waals surface area contributed by atoms with Crippen LogP contribution in [0, 0.1) is 6.92 Å². The summed E-state index contributed by atoms with van der Waals surface area (Å²) in [5, 5.41) is 2.86. The van der Waals surface area contributed by atoms with Gasteiger partial charge < -0.3 is 9.47 Å². The summed E-state index contributed by atoms with van der Waals surface area (Å²) < 4.78 is 41.7. The zero-order chi connectivity index (χ0) is 28.8. The minimum Gasteiger partial charge on any atom is -0.494 e. The molecule has 2 heterocycles. The van der Waals surface area contributed by atoms with Gasteiger partial charge in [0, 0.05) is 31.0 Å². The number of aromatic nitrogens is 2. The molecule has 5 rings (SSSR count). The Morgan fingerprint density at radius 2 is 1.88 bits per heavy atom. The van der Waals surface area contributed by atoms with E-state index in [1.54, 1.807) is 28.8 Å². The molecule has 41 heavy (non-hydrogen) atoms. The monoisotopic (exact) mass is 574 g/mol. The number of aryl methyl sites for hydroxylation is 1. The number of sulfonamides is 1. The molecule has 1 atom stereocenters. The number of anilines is 1. The molecule has 0 radical (unpaired) electrons. The minimum atomic E-state index is -3.96. The number of hydrogen-bond acceptors (Lipinski definition) is 6. The van der Waals surface area contributed by atoms with E-state index in [0.29, 0.717) is 24.7 Å². The molecule has 1 N–H and O–H groups in total. The molecule has 1 aliphatic rings. The number of nitrogens with zero attached hydrogens (tertiary/aromatic N) is 3. The van der Waals surface area contributed by atoms with Crippen molar-refractivity contribution in [2.45, 2.75) is 37.7 Å². The second-order valence-electron chi connectivity index (χ2n) is 9.91. The Bertz CT molecular complexity index is 1580. The second-order valence-corrected chi connectivity index (χ2v) is 11.8. The van der Waals surface area contributed by atoms with Crippen LogP contribution in [0.4, 0.5) is 5.95 Å². The van der Waals surface area contributed by atoms with Crippen LogP contribution in [0.5, 0.6) is 5.75 Å². The van der Waals surface area contributed by atoms with Crippen molar-refractivity contribution in [2.75, 3.05) is 31.6 Å². The third kappa shape index (κ3) is 6.84. The van der Waals surface area contributed by atoms with Crippen molar-refractivity contribution in [3.63, 3.8) is 0 Å². The summed E-state index contributed by atoms with van der Waals surface area (Å²) in [5.41, 5.74) is 3.22. The largest absolute Gasteiger partial charge is 0.494 e. The Hall–Kier alpha value is -3.99. The maximum Gasteiger partial charge on any atom is 0.243 e. The quantitative estimate of drug-likeness (QED) is 0.269. The van der Waals surface area contributed by atoms with Gasteiger partial charge in [0.2, 0.25) is 21.9 Å². The molecule has 0 bridgehead atoms. The van der Waals surface area contributed by atoms with Crippen LogP contribution in [0.3, 0.4) is 0 Å². The highest BCUT2D eigenvalue weighted by Crippen LogP contribution is 2.27. The number of rotatable bonds is 11. The number of benzene rings is 3. The van der Waals surface area contributed by atoms with E-state index in [-0.39, 0.29) is 30.0 Å². The summed E-state index contributed by atoms with van der Waals surface area (Å²) in [4.78, 5) is 18.3. The van der Waals surface area contributed by atoms with E-state index in [1.807, 2.05) is 74.6 Å². The Morgan fingerprint density at radius 1 is 1.10 bits per heavy atom. The van der Waals surface area contributed by atoms with Crippen molar-refractivity contribution < 1.29 is 22.7 Å². The fourth-order valence-electron chi connectivity index (χ4n) is 4.75. The Labute approximate surface area is 240 Å². The van der Waals surface area contributed by atoms with Gasteiger partial charge in [0.25, 0.3) is 0 Å². The molecule has 214 valence electrons. The number of ether oxygens (including phenoxy) is 2. The van der Waals surface area contributed by atoms with Crippen molar-refractivity contribution in [3.05, 3.63) is 90.6 Å². The highest BCUT2D eigenvalue weighted by molar-refractivity contribution is 7.89. The van der Waals surface area contributed by atoms with E-state index < -0.39 is 15.9 Å². The maximum absolute atomic E-state index is 13.7. The van der Waals surface area contributed by atoms with Gasteiger partial charge in [-0.15, -0.1) is 0 Å². The molecule has 1 fully saturated rings. The Kier molecular flexibility index (Phi) is 8.82. The van der Waals surface area contributed by atoms with Gasteiger partial charge in [-0.2, -0.15) is 4.31 Å². The number of carbonyl (C=O) groups excluding carboxylic acids is 1. The highest BCUT2D eigenvalue weighted by atomic mass is 32.2. The molecule has 9 nitrogen and oxygen atoms in total. The molecule has 1 amide bonds. The van der Waals surface area contributed by atoms with Crippen molar-refractivity contribution in [2.24, 2.45) is 0 Å². The second kappa shape index (κ2) is 12.7. The fraction of sp³-hybridized carbons (Fsp3) is 0.290. The average Bonchev–Trinajstić information content (AvgIpc) is 3.64. The van der Waals surface area contributed by atoms with Crippen molar-refractivity contribution in [1.82, 2.24) is 13.9 Å². The van der Waals surface area contributed by atoms with Gasteiger partial charge in [-0.1, -0.05) is 54.1 Å². The van der Waals surface area contributed by atoms with Gasteiger partial charge in [0.1, 0.15) is 5.75 Å². The summed E-state index contributed by atoms with van der Waals surface area (Å²) >= 11 is 0. The van der Waals surface area contributed by atoms with Gasteiger partial charge in [0.05, 0.1) is 35.5 Å². The molecule has 1 unspecified atom stereocenters. The molecule has 3 aromatic carbocycles. The molecule has 0 saturated carbocycles. The molecule has 1 aliphatic heterocycles. The van der Waals surface area contributed by atoms with Crippen LogP contribution in [0.15, 0.2) is 90.0 Å². The predicted molar refractivity (Wildman–Crippen MR) is 158 cm³/mol. The summed E-state index contributed by atoms with van der Waals surface area (Å²) in [6.45, 7) is 4.60. The van der Waals surface area contributed by atoms with E-state index in [9.17, 15) is 13.2 Å². The van der Waals surface area contributed by atoms with E-state index in [4.69, 9.17) is 14.5 Å². The van der Waals surface area contributed by atoms with Crippen molar-refractivity contribution in [1.29, 1.82) is 0 Å². The molecule has 0 spiro atoms. The summed E-state index contributed by atoms with van der Waals surface area (Å²) in [7, 11) is -3.96. The molecular formula is C31H34N4O5S. The average molecular weight is 575 g/mol. The first kappa shape index (κ1) is 28.5. The normalized spacial score (nSPS) is 15.2. The van der Waals surface area contributed by atoms with E-state index in [1.165, 1.54) is 4.31 Å². The zero-order valence-electron chi connectivity index (χ0n) is 23.2. The molecule has 0 aliphatic carbocycles. The molecule has 4 aromatic rings. The molecular weight excluding hydrogens is 540 g/mol. The third-order valence-corrected chi connectivity index (χ3v) is 8.67. The minimum absolute atomic E-state index is 0.0870. The topological polar surface area (TPSA) is 103 Å². The molecule has 10 heteroatoms. The molecule has 1 aromatic heterocycles. The lowest BCUT2D eigenvalue weighted by molar-refractivity contribution is -0.116. The summed E-state index contributed by atoms with van der Waals surface area (Å²) in [6, 6.07) is 23.7. The van der Waals surface area contributed by atoms with Crippen LogP contribution in [0.1, 0.15) is 25.3 Å². The number of amides is 1. The lowest BCUT2D eigenvalue weighted by Crippen LogP contribution is -2.42. The number of imidazole rings is 1. The highest BCUT2D eigenvalue weighted by Gasteiger charge is 2.31. The summed E-state index contributed by atoms with van der Waals surface area (Å²) in [6.07, 6.45) is 3.16. The summed E-state index contributed by atoms with van der Waals surface area (Å²) in [5.74, 6) is 0.447. The number of nitrogens with one attached hydrogen (secondary N) is 1. The van der Waals surface area contributed by atoms with Gasteiger partial charge in [-0.3, -0.25) is 14.7 Å². The van der Waals surface area contributed by atoms with Crippen molar-refractivity contribution in [3.8, 4) is 22.7 Å². The fourth-order valence-corrected chi connectivity index (χ4v) is 6.18. The lowest BCUT2D eigenvalue weighted by atomic mass is 10.2. The van der Waals surface area contributed by atoms with Gasteiger partial charge in [0.15, 0.2) is 0 Å². The third-order valence-electron chi connectivity index (χ3n) is 6.84. The Balaban J connectivity index is 1.45. The first-order chi connectivity index (χ1) is 19.8. The smallest absolute Gasteiger partial charge is 0.243 e. The zero-order valence-corrected chi connectivity index (χ0v) is 24.0. The van der Waals surface area contributed by atoms with Gasteiger partial charge >= 0.3 is 0 Å².